The van der Waals surface area contributed by atoms with Crippen LogP contribution in [0.25, 0.3) is 0 Å². The fraction of sp³-hybridized carbons (Fsp3) is 0.568. The molecule has 272 valence electrons. The van der Waals surface area contributed by atoms with Crippen molar-refractivity contribution in [3.05, 3.63) is 70.3 Å². The number of aliphatic hydroxyl groups is 1. The predicted octanol–water partition coefficient (Wildman–Crippen LogP) is 4.55. The van der Waals surface area contributed by atoms with Gasteiger partial charge in [-0.15, -0.1) is 0 Å². The van der Waals surface area contributed by atoms with Gasteiger partial charge >= 0.3 is 10.2 Å². The van der Waals surface area contributed by atoms with E-state index >= 15 is 0 Å². The lowest BCUT2D eigenvalue weighted by atomic mass is 9.70. The van der Waals surface area contributed by atoms with Gasteiger partial charge in [0.15, 0.2) is 5.60 Å². The van der Waals surface area contributed by atoms with E-state index in [9.17, 15) is 23.1 Å². The molecule has 2 saturated carbocycles. The third-order valence-electron chi connectivity index (χ3n) is 10.9. The van der Waals surface area contributed by atoms with Crippen molar-refractivity contribution >= 4 is 39.3 Å². The van der Waals surface area contributed by atoms with Crippen molar-refractivity contribution in [1.29, 1.82) is 0 Å². The van der Waals surface area contributed by atoms with Crippen LogP contribution >= 0.6 is 11.6 Å². The zero-order valence-corrected chi connectivity index (χ0v) is 30.7. The lowest BCUT2D eigenvalue weighted by Crippen LogP contribution is -2.52. The summed E-state index contributed by atoms with van der Waals surface area (Å²) in [5, 5.41) is 13.0. The number of anilines is 1. The zero-order valence-electron chi connectivity index (χ0n) is 29.1. The fourth-order valence-electron chi connectivity index (χ4n) is 7.33. The Kier molecular flexibility index (Phi) is 11.1. The molecule has 2 aliphatic carbocycles. The SMILES string of the molecule is CO[C@H]1/C=C/CCN(C)C(=O)C[C@](O)(C(=O)NS(=O)(=O)N(C)C2CC2)c2ccc3c(c2)N(CCCCc2cc(Cl)ccc2CO3)C[C@@H]2CC[C@H]21. The van der Waals surface area contributed by atoms with Gasteiger partial charge in [-0.25, -0.2) is 4.72 Å². The summed E-state index contributed by atoms with van der Waals surface area (Å²) < 4.78 is 42.1. The van der Waals surface area contributed by atoms with Crippen LogP contribution in [0.15, 0.2) is 48.6 Å². The molecule has 11 nitrogen and oxygen atoms in total. The summed E-state index contributed by atoms with van der Waals surface area (Å²) in [4.78, 5) is 31.4. The van der Waals surface area contributed by atoms with Crippen LogP contribution in [-0.2, 0) is 43.2 Å². The Morgan fingerprint density at radius 1 is 1.10 bits per heavy atom. The Labute approximate surface area is 300 Å². The van der Waals surface area contributed by atoms with Gasteiger partial charge in [-0.2, -0.15) is 12.7 Å². The minimum Gasteiger partial charge on any atom is -0.487 e. The van der Waals surface area contributed by atoms with E-state index in [4.69, 9.17) is 21.1 Å². The van der Waals surface area contributed by atoms with Crippen molar-refractivity contribution in [3.8, 4) is 5.75 Å². The molecule has 0 aromatic heterocycles. The largest absolute Gasteiger partial charge is 0.487 e. The molecule has 2 aromatic carbocycles. The van der Waals surface area contributed by atoms with Gasteiger partial charge in [-0.1, -0.05) is 35.9 Å². The average Bonchev–Trinajstić information content (AvgIpc) is 3.92. The third kappa shape index (κ3) is 7.99. The van der Waals surface area contributed by atoms with Crippen LogP contribution in [0.2, 0.25) is 5.02 Å². The number of fused-ring (bicyclic) bond motifs is 3. The summed E-state index contributed by atoms with van der Waals surface area (Å²) in [5.74, 6) is -0.492. The number of amides is 2. The van der Waals surface area contributed by atoms with Gasteiger partial charge in [0.25, 0.3) is 5.91 Å². The summed E-state index contributed by atoms with van der Waals surface area (Å²) >= 11 is 6.37. The van der Waals surface area contributed by atoms with E-state index in [-0.39, 0.29) is 24.3 Å². The van der Waals surface area contributed by atoms with Crippen molar-refractivity contribution in [1.82, 2.24) is 13.9 Å². The van der Waals surface area contributed by atoms with Gasteiger partial charge < -0.3 is 24.4 Å². The normalized spacial score (nSPS) is 27.2. The van der Waals surface area contributed by atoms with E-state index in [0.717, 1.165) is 47.5 Å². The van der Waals surface area contributed by atoms with Gasteiger partial charge in [-0.3, -0.25) is 9.59 Å². The molecule has 6 rings (SSSR count). The molecule has 2 N–H and O–H groups in total. The number of benzene rings is 2. The van der Waals surface area contributed by atoms with Crippen LogP contribution < -0.4 is 14.4 Å². The number of carbonyl (C=O) groups is 2. The molecular weight excluding hydrogens is 680 g/mol. The topological polar surface area (TPSA) is 129 Å². The fourth-order valence-corrected chi connectivity index (χ4v) is 8.67. The highest BCUT2D eigenvalue weighted by Crippen LogP contribution is 2.43. The smallest absolute Gasteiger partial charge is 0.303 e. The van der Waals surface area contributed by atoms with Crippen LogP contribution in [0.1, 0.15) is 68.1 Å². The number of nitrogens with one attached hydrogen (secondary N) is 1. The Hall–Kier alpha value is -3.16. The molecule has 2 aliphatic heterocycles. The van der Waals surface area contributed by atoms with Crippen molar-refractivity contribution in [2.75, 3.05) is 45.7 Å². The molecule has 2 bridgehead atoms. The summed E-state index contributed by atoms with van der Waals surface area (Å²) in [6.45, 7) is 2.01. The van der Waals surface area contributed by atoms with Gasteiger partial charge in [0.1, 0.15) is 12.4 Å². The first-order valence-corrected chi connectivity index (χ1v) is 19.5. The molecule has 0 unspecified atom stereocenters. The quantitative estimate of drug-likeness (QED) is 0.430. The lowest BCUT2D eigenvalue weighted by Gasteiger charge is -2.43. The van der Waals surface area contributed by atoms with Crippen LogP contribution in [-0.4, -0.2) is 87.5 Å². The van der Waals surface area contributed by atoms with Crippen LogP contribution in [0.5, 0.6) is 5.75 Å². The monoisotopic (exact) mass is 728 g/mol. The first-order chi connectivity index (χ1) is 23.9. The molecule has 2 fully saturated rings. The Morgan fingerprint density at radius 2 is 1.90 bits per heavy atom. The number of rotatable bonds is 5. The number of hydrogen-bond acceptors (Lipinski definition) is 8. The zero-order chi connectivity index (χ0) is 35.6. The van der Waals surface area contributed by atoms with Gasteiger partial charge in [0.2, 0.25) is 5.91 Å². The third-order valence-corrected chi connectivity index (χ3v) is 12.6. The Morgan fingerprint density at radius 3 is 2.62 bits per heavy atom. The minimum absolute atomic E-state index is 0.0580. The van der Waals surface area contributed by atoms with E-state index in [1.165, 1.54) is 11.9 Å². The van der Waals surface area contributed by atoms with E-state index in [2.05, 4.69) is 15.7 Å². The molecule has 0 saturated heterocycles. The number of carbonyl (C=O) groups excluding carboxylic acids is 2. The second-order valence-corrected chi connectivity index (χ2v) is 16.4. The van der Waals surface area contributed by atoms with E-state index < -0.39 is 34.0 Å². The van der Waals surface area contributed by atoms with Crippen molar-refractivity contribution in [2.24, 2.45) is 11.8 Å². The lowest BCUT2D eigenvalue weighted by molar-refractivity contribution is -0.148. The molecule has 13 heteroatoms. The molecule has 2 amide bonds. The first kappa shape index (κ1) is 36.6. The van der Waals surface area contributed by atoms with Gasteiger partial charge in [0.05, 0.1) is 18.2 Å². The maximum atomic E-state index is 14.0. The van der Waals surface area contributed by atoms with E-state index in [1.54, 1.807) is 32.4 Å². The van der Waals surface area contributed by atoms with Gasteiger partial charge in [0, 0.05) is 51.9 Å². The summed E-state index contributed by atoms with van der Waals surface area (Å²) in [6.07, 6.45) is 10.0. The second-order valence-electron chi connectivity index (χ2n) is 14.2. The number of ether oxygens (including phenoxy) is 2. The van der Waals surface area contributed by atoms with E-state index in [0.29, 0.717) is 67.2 Å². The molecule has 2 heterocycles. The molecule has 4 atom stereocenters. The molecule has 2 aromatic rings. The minimum atomic E-state index is -4.28. The number of hydrogen-bond donors (Lipinski definition) is 2. The summed E-state index contributed by atoms with van der Waals surface area (Å²) in [5.41, 5.74) is 0.450. The highest BCUT2D eigenvalue weighted by molar-refractivity contribution is 7.87. The first-order valence-electron chi connectivity index (χ1n) is 17.6. The van der Waals surface area contributed by atoms with E-state index in [1.807, 2.05) is 24.3 Å². The Bertz CT molecular complexity index is 1720. The van der Waals surface area contributed by atoms with Crippen LogP contribution in [0.3, 0.4) is 0 Å². The molecule has 50 heavy (non-hydrogen) atoms. The van der Waals surface area contributed by atoms with Crippen LogP contribution in [0.4, 0.5) is 5.69 Å². The maximum absolute atomic E-state index is 14.0. The summed E-state index contributed by atoms with van der Waals surface area (Å²) in [6, 6.07) is 10.6. The molecule has 0 spiro atoms. The standard InChI is InChI=1S/C37H49ClN4O7S/c1-40-18-6-5-9-33(48-3)31-16-11-26(31)23-42-19-7-4-8-25-20-29(38)13-10-27(25)24-49-34-17-12-28(21-32(34)42)37(45,22-35(40)43)36(44)39-50(46,47)41(2)30-14-15-30/h5,9-10,12-13,17,20-21,26,30-31,33,45H,4,6-8,11,14-16,18-19,22-24H2,1-3H3,(H,39,44)/b9-5+/t26-,31+,33-,37+/m0/s1. The molecule has 4 aliphatic rings. The van der Waals surface area contributed by atoms with Crippen molar-refractivity contribution in [3.63, 3.8) is 0 Å². The van der Waals surface area contributed by atoms with Gasteiger partial charge in [-0.05, 0) is 104 Å². The molecular formula is C37H49ClN4O7S. The Balaban J connectivity index is 1.44. The van der Waals surface area contributed by atoms with Crippen molar-refractivity contribution in [2.45, 2.75) is 82.1 Å². The highest BCUT2D eigenvalue weighted by atomic mass is 35.5. The molecule has 0 radical (unpaired) electrons. The maximum Gasteiger partial charge on any atom is 0.303 e. The van der Waals surface area contributed by atoms with Crippen LogP contribution in [0, 0.1) is 11.8 Å². The number of aryl methyl sites for hydroxylation is 1. The average molecular weight is 729 g/mol. The second kappa shape index (κ2) is 15.2. The predicted molar refractivity (Wildman–Crippen MR) is 192 cm³/mol. The number of halogens is 1. The summed E-state index contributed by atoms with van der Waals surface area (Å²) in [7, 11) is 0.481. The number of methoxy groups -OCH3 is 1. The number of nitrogens with zero attached hydrogens (tertiary/aromatic N) is 3. The highest BCUT2D eigenvalue weighted by Gasteiger charge is 2.45. The van der Waals surface area contributed by atoms with Crippen molar-refractivity contribution < 1.29 is 32.6 Å².